The van der Waals surface area contributed by atoms with E-state index in [4.69, 9.17) is 14.2 Å². The maximum absolute atomic E-state index is 15.2. The number of aryl methyl sites for hydroxylation is 1. The monoisotopic (exact) mass is 583 g/mol. The van der Waals surface area contributed by atoms with Gasteiger partial charge < -0.3 is 18.8 Å². The highest BCUT2D eigenvalue weighted by atomic mass is 19.1. The van der Waals surface area contributed by atoms with Gasteiger partial charge in [0, 0.05) is 49.3 Å². The summed E-state index contributed by atoms with van der Waals surface area (Å²) in [5.74, 6) is -0.569. The van der Waals surface area contributed by atoms with E-state index in [0.29, 0.717) is 33.5 Å². The van der Waals surface area contributed by atoms with Gasteiger partial charge in [0.25, 0.3) is 5.88 Å². The van der Waals surface area contributed by atoms with Gasteiger partial charge in [-0.25, -0.2) is 13.8 Å². The largest absolute Gasteiger partial charge is 0.491 e. The number of benzene rings is 2. The van der Waals surface area contributed by atoms with E-state index in [1.807, 2.05) is 0 Å². The maximum atomic E-state index is 15.2. The zero-order valence-corrected chi connectivity index (χ0v) is 23.7. The maximum Gasteiger partial charge on any atom is 0.257 e. The van der Waals surface area contributed by atoms with Gasteiger partial charge in [-0.1, -0.05) is 18.2 Å². The Kier molecular flexibility index (Phi) is 7.35. The highest BCUT2D eigenvalue weighted by molar-refractivity contribution is 5.98. The number of carbonyl (C=O) groups is 1. The van der Waals surface area contributed by atoms with Crippen LogP contribution < -0.4 is 19.6 Å². The molecule has 1 saturated carbocycles. The number of methoxy groups -OCH3 is 2. The van der Waals surface area contributed by atoms with Crippen LogP contribution in [0.1, 0.15) is 40.4 Å². The average molecular weight is 584 g/mol. The summed E-state index contributed by atoms with van der Waals surface area (Å²) in [6.45, 7) is 0. The third-order valence-electron chi connectivity index (χ3n) is 7.43. The van der Waals surface area contributed by atoms with Crippen molar-refractivity contribution in [3.05, 3.63) is 106 Å². The molecule has 2 aromatic carbocycles. The van der Waals surface area contributed by atoms with Gasteiger partial charge in [-0.05, 0) is 54.2 Å². The van der Waals surface area contributed by atoms with Crippen molar-refractivity contribution in [3.63, 3.8) is 0 Å². The van der Waals surface area contributed by atoms with Crippen molar-refractivity contribution in [1.29, 1.82) is 0 Å². The lowest BCUT2D eigenvalue weighted by atomic mass is 9.95. The Balaban J connectivity index is 1.28. The van der Waals surface area contributed by atoms with Crippen molar-refractivity contribution < 1.29 is 27.8 Å². The van der Waals surface area contributed by atoms with Crippen LogP contribution >= 0.6 is 0 Å². The highest BCUT2D eigenvalue weighted by Crippen LogP contribution is 2.43. The Morgan fingerprint density at radius 1 is 0.977 bits per heavy atom. The number of ketones is 1. The van der Waals surface area contributed by atoms with Crippen LogP contribution in [0, 0.1) is 11.6 Å². The molecule has 0 saturated heterocycles. The molecule has 1 aliphatic rings. The minimum absolute atomic E-state index is 0.00864. The van der Waals surface area contributed by atoms with Gasteiger partial charge in [-0.3, -0.25) is 14.6 Å². The first kappa shape index (κ1) is 28.0. The van der Waals surface area contributed by atoms with Crippen LogP contribution in [-0.2, 0) is 13.5 Å². The van der Waals surface area contributed by atoms with Crippen LogP contribution in [-0.4, -0.2) is 34.5 Å². The molecule has 6 rings (SSSR count). The number of nitrogens with zero attached hydrogens (tertiary/aromatic N) is 3. The van der Waals surface area contributed by atoms with E-state index in [1.54, 1.807) is 48.1 Å². The third kappa shape index (κ3) is 5.43. The summed E-state index contributed by atoms with van der Waals surface area (Å²) in [5.41, 5.74) is 2.55. The van der Waals surface area contributed by atoms with E-state index in [-0.39, 0.29) is 35.3 Å². The first-order valence-electron chi connectivity index (χ1n) is 13.6. The van der Waals surface area contributed by atoms with Crippen molar-refractivity contribution in [2.45, 2.75) is 25.2 Å². The van der Waals surface area contributed by atoms with E-state index >= 15 is 4.39 Å². The minimum atomic E-state index is -0.695. The Morgan fingerprint density at radius 3 is 2.42 bits per heavy atom. The standard InChI is InChI=1S/C33H27F2N3O5/c1-38-17-22(32(40)29(31(38)20-5-6-20)19-7-9-21(34)10-8-19)25(39)15-18-4-11-26(23(35)14-18)43-27-12-13-36-24-16-28(41-2)33(42-3)37-30(24)27/h4,7-14,16-17,20H,5-6,15H2,1-3H3. The number of hydrogen-bond donors (Lipinski definition) is 0. The molecule has 3 aromatic heterocycles. The van der Waals surface area contributed by atoms with Crippen LogP contribution in [0.4, 0.5) is 8.78 Å². The molecule has 10 heteroatoms. The number of pyridine rings is 3. The summed E-state index contributed by atoms with van der Waals surface area (Å²) in [5, 5.41) is 0. The molecule has 0 radical (unpaired) electrons. The van der Waals surface area contributed by atoms with Gasteiger partial charge in [0.2, 0.25) is 0 Å². The smallest absolute Gasteiger partial charge is 0.257 e. The Labute approximate surface area is 245 Å². The van der Waals surface area contributed by atoms with Crippen LogP contribution in [0.5, 0.6) is 23.1 Å². The number of ether oxygens (including phenoxy) is 3. The van der Waals surface area contributed by atoms with Gasteiger partial charge in [0.1, 0.15) is 11.3 Å². The summed E-state index contributed by atoms with van der Waals surface area (Å²) >= 11 is 0. The first-order chi connectivity index (χ1) is 20.8. The second kappa shape index (κ2) is 11.3. The van der Waals surface area contributed by atoms with Crippen molar-refractivity contribution in [3.8, 4) is 34.3 Å². The van der Waals surface area contributed by atoms with Gasteiger partial charge in [0.05, 0.1) is 25.3 Å². The lowest BCUT2D eigenvalue weighted by molar-refractivity contribution is 0.0991. The van der Waals surface area contributed by atoms with Crippen LogP contribution in [0.2, 0.25) is 0 Å². The van der Waals surface area contributed by atoms with Crippen molar-refractivity contribution in [1.82, 2.24) is 14.5 Å². The summed E-state index contributed by atoms with van der Waals surface area (Å²) in [4.78, 5) is 35.7. The SMILES string of the molecule is COc1cc2nccc(Oc3ccc(CC(=O)c4cn(C)c(C5CC5)c(-c5ccc(F)cc5)c4=O)cc3F)c2nc1OC. The number of Topliss-reactive ketones (excluding diaryl/α,β-unsaturated/α-hetero) is 1. The quantitative estimate of drug-likeness (QED) is 0.186. The normalized spacial score (nSPS) is 12.8. The molecule has 0 unspecified atom stereocenters. The molecule has 0 spiro atoms. The Hall–Kier alpha value is -5.12. The molecule has 218 valence electrons. The second-order valence-electron chi connectivity index (χ2n) is 10.4. The zero-order chi connectivity index (χ0) is 30.2. The predicted molar refractivity (Wildman–Crippen MR) is 156 cm³/mol. The van der Waals surface area contributed by atoms with Crippen molar-refractivity contribution in [2.75, 3.05) is 14.2 Å². The lowest BCUT2D eigenvalue weighted by Gasteiger charge is -2.16. The average Bonchev–Trinajstić information content (AvgIpc) is 3.84. The van der Waals surface area contributed by atoms with E-state index < -0.39 is 22.8 Å². The van der Waals surface area contributed by atoms with E-state index in [9.17, 15) is 14.0 Å². The van der Waals surface area contributed by atoms with E-state index in [1.165, 1.54) is 44.7 Å². The summed E-state index contributed by atoms with van der Waals surface area (Å²) in [6.07, 6.45) is 4.73. The third-order valence-corrected chi connectivity index (χ3v) is 7.43. The fourth-order valence-electron chi connectivity index (χ4n) is 5.22. The Morgan fingerprint density at radius 2 is 1.74 bits per heavy atom. The molecule has 43 heavy (non-hydrogen) atoms. The van der Waals surface area contributed by atoms with Gasteiger partial charge in [-0.15, -0.1) is 0 Å². The summed E-state index contributed by atoms with van der Waals surface area (Å²) in [6, 6.07) is 13.1. The molecule has 0 amide bonds. The molecule has 5 aromatic rings. The topological polar surface area (TPSA) is 92.5 Å². The molecule has 0 bridgehead atoms. The number of fused-ring (bicyclic) bond motifs is 1. The van der Waals surface area contributed by atoms with E-state index in [2.05, 4.69) is 9.97 Å². The highest BCUT2D eigenvalue weighted by Gasteiger charge is 2.31. The van der Waals surface area contributed by atoms with Gasteiger partial charge in [-0.2, -0.15) is 0 Å². The lowest BCUT2D eigenvalue weighted by Crippen LogP contribution is -2.23. The van der Waals surface area contributed by atoms with Crippen molar-refractivity contribution >= 4 is 16.8 Å². The zero-order valence-electron chi connectivity index (χ0n) is 23.7. The summed E-state index contributed by atoms with van der Waals surface area (Å²) < 4.78 is 47.1. The van der Waals surface area contributed by atoms with E-state index in [0.717, 1.165) is 18.5 Å². The van der Waals surface area contributed by atoms with Gasteiger partial charge >= 0.3 is 0 Å². The number of aromatic nitrogens is 3. The molecule has 3 heterocycles. The molecule has 0 N–H and O–H groups in total. The molecule has 8 nitrogen and oxygen atoms in total. The molecular weight excluding hydrogens is 556 g/mol. The van der Waals surface area contributed by atoms with Crippen LogP contribution in [0.25, 0.3) is 22.2 Å². The molecule has 1 aliphatic carbocycles. The second-order valence-corrected chi connectivity index (χ2v) is 10.4. The molecule has 0 aliphatic heterocycles. The molecule has 0 atom stereocenters. The van der Waals surface area contributed by atoms with Crippen LogP contribution in [0.15, 0.2) is 71.8 Å². The number of rotatable bonds is 9. The molecule has 1 fully saturated rings. The van der Waals surface area contributed by atoms with Crippen LogP contribution in [0.3, 0.4) is 0 Å². The van der Waals surface area contributed by atoms with Crippen molar-refractivity contribution in [2.24, 2.45) is 7.05 Å². The predicted octanol–water partition coefficient (Wildman–Crippen LogP) is 6.39. The molecular formula is C33H27F2N3O5. The number of carbonyl (C=O) groups excluding carboxylic acids is 1. The fraction of sp³-hybridized carbons (Fsp3) is 0.212. The number of hydrogen-bond acceptors (Lipinski definition) is 7. The summed E-state index contributed by atoms with van der Waals surface area (Å²) in [7, 11) is 4.74. The fourth-order valence-corrected chi connectivity index (χ4v) is 5.22. The number of halogens is 2. The first-order valence-corrected chi connectivity index (χ1v) is 13.6. The van der Waals surface area contributed by atoms with Gasteiger partial charge in [0.15, 0.2) is 34.3 Å². The minimum Gasteiger partial charge on any atom is -0.491 e. The Bertz CT molecular complexity index is 1940.